The van der Waals surface area contributed by atoms with Crippen molar-refractivity contribution in [1.29, 1.82) is 0 Å². The summed E-state index contributed by atoms with van der Waals surface area (Å²) < 4.78 is 0.999. The number of carbonyl (C=O) groups is 1. The number of aromatic amines is 1. The molecular weight excluding hydrogens is 354 g/mol. The Labute approximate surface area is 143 Å². The standard InChI is InChI=1S/C18H18BrN3O/c19-16-7-3-1-5-14(16)12-22-18(23)20-10-9-13-11-21-17-8-4-2-6-15(13)17/h1-8,11,21H,9-10,12H2,(H2,20,22,23). The zero-order valence-corrected chi connectivity index (χ0v) is 14.2. The highest BCUT2D eigenvalue weighted by molar-refractivity contribution is 9.10. The summed E-state index contributed by atoms with van der Waals surface area (Å²) in [5.41, 5.74) is 3.40. The van der Waals surface area contributed by atoms with Crippen LogP contribution in [-0.4, -0.2) is 17.6 Å². The molecule has 3 N–H and O–H groups in total. The maximum atomic E-state index is 11.9. The molecule has 2 amide bonds. The van der Waals surface area contributed by atoms with Crippen LogP contribution in [0.3, 0.4) is 0 Å². The lowest BCUT2D eigenvalue weighted by molar-refractivity contribution is 0.240. The summed E-state index contributed by atoms with van der Waals surface area (Å²) >= 11 is 3.47. The fraction of sp³-hybridized carbons (Fsp3) is 0.167. The number of urea groups is 1. The van der Waals surface area contributed by atoms with Crippen molar-refractivity contribution in [1.82, 2.24) is 15.6 Å². The van der Waals surface area contributed by atoms with Gasteiger partial charge in [0.05, 0.1) is 0 Å². The van der Waals surface area contributed by atoms with Crippen LogP contribution in [0.2, 0.25) is 0 Å². The molecule has 118 valence electrons. The first-order valence-corrected chi connectivity index (χ1v) is 8.33. The molecule has 0 unspecified atom stereocenters. The van der Waals surface area contributed by atoms with E-state index in [0.29, 0.717) is 13.1 Å². The molecule has 0 saturated carbocycles. The van der Waals surface area contributed by atoms with E-state index in [1.807, 2.05) is 42.6 Å². The third-order valence-corrected chi connectivity index (χ3v) is 4.53. The van der Waals surface area contributed by atoms with Gasteiger partial charge in [0.25, 0.3) is 0 Å². The first-order chi connectivity index (χ1) is 11.2. The van der Waals surface area contributed by atoms with Crippen molar-refractivity contribution in [3.63, 3.8) is 0 Å². The Morgan fingerprint density at radius 3 is 2.65 bits per heavy atom. The van der Waals surface area contributed by atoms with Crippen molar-refractivity contribution < 1.29 is 4.79 Å². The third-order valence-electron chi connectivity index (χ3n) is 3.75. The molecule has 0 aliphatic rings. The average Bonchev–Trinajstić information content (AvgIpc) is 2.98. The van der Waals surface area contributed by atoms with Crippen LogP contribution in [0.25, 0.3) is 10.9 Å². The summed E-state index contributed by atoms with van der Waals surface area (Å²) in [6.07, 6.45) is 2.80. The molecule has 0 bridgehead atoms. The molecule has 1 aromatic heterocycles. The number of halogens is 1. The highest BCUT2D eigenvalue weighted by Gasteiger charge is 2.05. The highest BCUT2D eigenvalue weighted by Crippen LogP contribution is 2.17. The van der Waals surface area contributed by atoms with Crippen molar-refractivity contribution >= 4 is 32.9 Å². The zero-order valence-electron chi connectivity index (χ0n) is 12.6. The van der Waals surface area contributed by atoms with Gasteiger partial charge in [-0.15, -0.1) is 0 Å². The second-order valence-electron chi connectivity index (χ2n) is 5.31. The molecule has 5 heteroatoms. The Hall–Kier alpha value is -2.27. The van der Waals surface area contributed by atoms with Gasteiger partial charge in [0, 0.05) is 34.7 Å². The second kappa shape index (κ2) is 7.33. The average molecular weight is 372 g/mol. The normalized spacial score (nSPS) is 10.7. The van der Waals surface area contributed by atoms with Crippen molar-refractivity contribution in [3.05, 3.63) is 70.3 Å². The molecule has 3 rings (SSSR count). The summed E-state index contributed by atoms with van der Waals surface area (Å²) in [5, 5.41) is 6.98. The second-order valence-corrected chi connectivity index (χ2v) is 6.16. The number of nitrogens with one attached hydrogen (secondary N) is 3. The molecule has 0 spiro atoms. The van der Waals surface area contributed by atoms with Crippen LogP contribution in [0.15, 0.2) is 59.2 Å². The Kier molecular flexibility index (Phi) is 4.98. The van der Waals surface area contributed by atoms with Crippen LogP contribution in [-0.2, 0) is 13.0 Å². The van der Waals surface area contributed by atoms with E-state index in [0.717, 1.165) is 22.0 Å². The van der Waals surface area contributed by atoms with Gasteiger partial charge in [0.1, 0.15) is 0 Å². The summed E-state index contributed by atoms with van der Waals surface area (Å²) in [7, 11) is 0. The number of H-pyrrole nitrogens is 1. The van der Waals surface area contributed by atoms with E-state index in [-0.39, 0.29) is 6.03 Å². The number of benzene rings is 2. The molecule has 3 aromatic rings. The first-order valence-electron chi connectivity index (χ1n) is 7.54. The number of carbonyl (C=O) groups excluding carboxylic acids is 1. The van der Waals surface area contributed by atoms with Crippen LogP contribution in [0.1, 0.15) is 11.1 Å². The fourth-order valence-corrected chi connectivity index (χ4v) is 2.95. The number of hydrogen-bond acceptors (Lipinski definition) is 1. The predicted molar refractivity (Wildman–Crippen MR) is 96.4 cm³/mol. The van der Waals surface area contributed by atoms with Gasteiger partial charge in [-0.05, 0) is 29.7 Å². The lowest BCUT2D eigenvalue weighted by Gasteiger charge is -2.08. The van der Waals surface area contributed by atoms with E-state index in [2.05, 4.69) is 43.7 Å². The van der Waals surface area contributed by atoms with Gasteiger partial charge in [-0.1, -0.05) is 52.3 Å². The molecule has 0 saturated heterocycles. The first kappa shape index (κ1) is 15.6. The Balaban J connectivity index is 1.47. The Morgan fingerprint density at radius 1 is 1.00 bits per heavy atom. The van der Waals surface area contributed by atoms with Crippen molar-refractivity contribution in [2.75, 3.05) is 6.54 Å². The maximum Gasteiger partial charge on any atom is 0.315 e. The van der Waals surface area contributed by atoms with E-state index >= 15 is 0 Å². The number of aromatic nitrogens is 1. The predicted octanol–water partition coefficient (Wildman–Crippen LogP) is 3.97. The van der Waals surface area contributed by atoms with Gasteiger partial charge >= 0.3 is 6.03 Å². The highest BCUT2D eigenvalue weighted by atomic mass is 79.9. The number of amides is 2. The van der Waals surface area contributed by atoms with Crippen LogP contribution in [0.4, 0.5) is 4.79 Å². The molecule has 0 atom stereocenters. The molecule has 4 nitrogen and oxygen atoms in total. The Morgan fingerprint density at radius 2 is 1.78 bits per heavy atom. The number of hydrogen-bond donors (Lipinski definition) is 3. The van der Waals surface area contributed by atoms with Crippen molar-refractivity contribution in [2.45, 2.75) is 13.0 Å². The van der Waals surface area contributed by atoms with Crippen LogP contribution in [0.5, 0.6) is 0 Å². The van der Waals surface area contributed by atoms with E-state index in [4.69, 9.17) is 0 Å². The molecule has 0 aliphatic heterocycles. The van der Waals surface area contributed by atoms with Crippen molar-refractivity contribution in [2.24, 2.45) is 0 Å². The minimum atomic E-state index is -0.152. The molecule has 23 heavy (non-hydrogen) atoms. The quantitative estimate of drug-likeness (QED) is 0.624. The lowest BCUT2D eigenvalue weighted by atomic mass is 10.1. The van der Waals surface area contributed by atoms with Gasteiger partial charge in [-0.2, -0.15) is 0 Å². The summed E-state index contributed by atoms with van der Waals surface area (Å²) in [6.45, 7) is 1.10. The fourth-order valence-electron chi connectivity index (χ4n) is 2.53. The van der Waals surface area contributed by atoms with Crippen LogP contribution < -0.4 is 10.6 Å². The van der Waals surface area contributed by atoms with Gasteiger partial charge in [0.15, 0.2) is 0 Å². The summed E-state index contributed by atoms with van der Waals surface area (Å²) in [4.78, 5) is 15.1. The summed E-state index contributed by atoms with van der Waals surface area (Å²) in [5.74, 6) is 0. The molecule has 0 aliphatic carbocycles. The van der Waals surface area contributed by atoms with E-state index in [1.54, 1.807) is 0 Å². The number of fused-ring (bicyclic) bond motifs is 1. The minimum absolute atomic E-state index is 0.152. The van der Waals surface area contributed by atoms with Gasteiger partial charge in [-0.25, -0.2) is 4.79 Å². The largest absolute Gasteiger partial charge is 0.361 e. The van der Waals surface area contributed by atoms with Crippen LogP contribution >= 0.6 is 15.9 Å². The Bertz CT molecular complexity index is 813. The molecule has 2 aromatic carbocycles. The SMILES string of the molecule is O=C(NCCc1c[nH]c2ccccc12)NCc1ccccc1Br. The number of rotatable bonds is 5. The molecule has 0 radical (unpaired) electrons. The van der Waals surface area contributed by atoms with Gasteiger partial charge < -0.3 is 15.6 Å². The maximum absolute atomic E-state index is 11.9. The van der Waals surface area contributed by atoms with E-state index < -0.39 is 0 Å². The smallest absolute Gasteiger partial charge is 0.315 e. The molecule has 0 fully saturated rings. The van der Waals surface area contributed by atoms with Crippen LogP contribution in [0, 0.1) is 0 Å². The topological polar surface area (TPSA) is 56.9 Å². The minimum Gasteiger partial charge on any atom is -0.361 e. The van der Waals surface area contributed by atoms with Crippen molar-refractivity contribution in [3.8, 4) is 0 Å². The molecular formula is C18H18BrN3O. The van der Waals surface area contributed by atoms with Gasteiger partial charge in [0.2, 0.25) is 0 Å². The summed E-state index contributed by atoms with van der Waals surface area (Å²) in [6, 6.07) is 15.9. The zero-order chi connectivity index (χ0) is 16.1. The van der Waals surface area contributed by atoms with E-state index in [9.17, 15) is 4.79 Å². The van der Waals surface area contributed by atoms with Gasteiger partial charge in [-0.3, -0.25) is 0 Å². The monoisotopic (exact) mass is 371 g/mol. The van der Waals surface area contributed by atoms with E-state index in [1.165, 1.54) is 10.9 Å². The number of para-hydroxylation sites is 1. The third kappa shape index (κ3) is 3.93. The molecule has 1 heterocycles. The lowest BCUT2D eigenvalue weighted by Crippen LogP contribution is -2.36.